The van der Waals surface area contributed by atoms with Crippen molar-refractivity contribution in [2.24, 2.45) is 0 Å². The third-order valence-corrected chi connectivity index (χ3v) is 5.56. The van der Waals surface area contributed by atoms with E-state index in [1.54, 1.807) is 13.1 Å². The maximum absolute atomic E-state index is 12.7. The molecule has 0 atom stereocenters. The molecule has 0 saturated carbocycles. The number of rotatable bonds is 6. The van der Waals surface area contributed by atoms with Gasteiger partial charge in [-0.25, -0.2) is 8.42 Å². The summed E-state index contributed by atoms with van der Waals surface area (Å²) >= 11 is 11.8. The third kappa shape index (κ3) is 4.20. The van der Waals surface area contributed by atoms with Crippen LogP contribution in [-0.2, 0) is 16.4 Å². The lowest BCUT2D eigenvalue weighted by atomic mass is 10.3. The van der Waals surface area contributed by atoms with E-state index >= 15 is 0 Å². The fourth-order valence-electron chi connectivity index (χ4n) is 2.06. The summed E-state index contributed by atoms with van der Waals surface area (Å²) in [6.45, 7) is 2.50. The van der Waals surface area contributed by atoms with Crippen LogP contribution in [0.1, 0.15) is 12.6 Å². The lowest BCUT2D eigenvalue weighted by Crippen LogP contribution is -2.33. The van der Waals surface area contributed by atoms with Crippen molar-refractivity contribution in [3.05, 3.63) is 58.3 Å². The van der Waals surface area contributed by atoms with Gasteiger partial charge in [0.25, 0.3) is 0 Å². The van der Waals surface area contributed by atoms with Crippen molar-refractivity contribution in [3.8, 4) is 0 Å². The van der Waals surface area contributed by atoms with E-state index in [0.717, 1.165) is 5.69 Å². The Labute approximate surface area is 140 Å². The Kier molecular flexibility index (Phi) is 5.81. The van der Waals surface area contributed by atoms with Crippen LogP contribution < -0.4 is 0 Å². The van der Waals surface area contributed by atoms with E-state index in [1.165, 1.54) is 22.5 Å². The zero-order chi connectivity index (χ0) is 16.2. The molecule has 0 radical (unpaired) electrons. The average Bonchev–Trinajstić information content (AvgIpc) is 2.47. The van der Waals surface area contributed by atoms with Crippen LogP contribution in [0, 0.1) is 0 Å². The summed E-state index contributed by atoms with van der Waals surface area (Å²) < 4.78 is 26.7. The quantitative estimate of drug-likeness (QED) is 0.791. The summed E-state index contributed by atoms with van der Waals surface area (Å²) in [5.41, 5.74) is 0.847. The smallest absolute Gasteiger partial charge is 0.243 e. The first kappa shape index (κ1) is 17.2. The van der Waals surface area contributed by atoms with Crippen LogP contribution in [0.15, 0.2) is 47.5 Å². The highest BCUT2D eigenvalue weighted by atomic mass is 35.5. The minimum absolute atomic E-state index is 0.105. The first-order chi connectivity index (χ1) is 10.4. The molecule has 118 valence electrons. The molecule has 2 rings (SSSR count). The molecular formula is C15H16Cl2N2O2S. The Balaban J connectivity index is 2.21. The normalized spacial score (nSPS) is 11.8. The van der Waals surface area contributed by atoms with Crippen LogP contribution in [-0.4, -0.2) is 30.8 Å². The van der Waals surface area contributed by atoms with Gasteiger partial charge in [-0.1, -0.05) is 36.2 Å². The van der Waals surface area contributed by atoms with Crippen LogP contribution in [0.2, 0.25) is 10.0 Å². The molecule has 1 aromatic carbocycles. The summed E-state index contributed by atoms with van der Waals surface area (Å²) in [5.74, 6) is 0. The van der Waals surface area contributed by atoms with Gasteiger partial charge in [-0.05, 0) is 30.3 Å². The highest BCUT2D eigenvalue weighted by Gasteiger charge is 2.23. The van der Waals surface area contributed by atoms with Gasteiger partial charge in [0.05, 0.1) is 4.90 Å². The Bertz CT molecular complexity index is 716. The maximum Gasteiger partial charge on any atom is 0.243 e. The van der Waals surface area contributed by atoms with Crippen molar-refractivity contribution in [2.45, 2.75) is 18.2 Å². The van der Waals surface area contributed by atoms with E-state index < -0.39 is 10.0 Å². The number of hydrogen-bond donors (Lipinski definition) is 0. The Morgan fingerprint density at radius 2 is 1.82 bits per heavy atom. The zero-order valence-electron chi connectivity index (χ0n) is 12.0. The van der Waals surface area contributed by atoms with E-state index in [2.05, 4.69) is 4.98 Å². The first-order valence-electron chi connectivity index (χ1n) is 6.79. The number of sulfonamides is 1. The molecule has 0 bridgehead atoms. The van der Waals surface area contributed by atoms with E-state index in [9.17, 15) is 8.42 Å². The molecule has 0 aliphatic rings. The molecule has 0 unspecified atom stereocenters. The van der Waals surface area contributed by atoms with Crippen molar-refractivity contribution in [2.75, 3.05) is 13.1 Å². The molecule has 2 aromatic rings. The maximum atomic E-state index is 12.7. The average molecular weight is 359 g/mol. The van der Waals surface area contributed by atoms with Crippen molar-refractivity contribution in [1.82, 2.24) is 9.29 Å². The van der Waals surface area contributed by atoms with Crippen molar-refractivity contribution < 1.29 is 8.42 Å². The fourth-order valence-corrected chi connectivity index (χ4v) is 4.24. The van der Waals surface area contributed by atoms with Gasteiger partial charge in [-0.2, -0.15) is 4.31 Å². The van der Waals surface area contributed by atoms with Crippen LogP contribution >= 0.6 is 23.2 Å². The minimum atomic E-state index is -3.63. The van der Waals surface area contributed by atoms with Gasteiger partial charge in [0.15, 0.2) is 0 Å². The fraction of sp³-hybridized carbons (Fsp3) is 0.267. The van der Waals surface area contributed by atoms with Crippen molar-refractivity contribution >= 4 is 33.2 Å². The van der Waals surface area contributed by atoms with Gasteiger partial charge < -0.3 is 0 Å². The van der Waals surface area contributed by atoms with E-state index in [1.807, 2.05) is 18.2 Å². The standard InChI is InChI=1S/C15H16Cl2N2O2S/c1-2-19(8-6-14-5-3-4-7-18-14)22(20,21)15-10-12(16)9-13(17)11-15/h3-5,7,9-11H,2,6,8H2,1H3. The van der Waals surface area contributed by atoms with Gasteiger partial charge >= 0.3 is 0 Å². The molecule has 0 saturated heterocycles. The van der Waals surface area contributed by atoms with Gasteiger partial charge in [0, 0.05) is 41.4 Å². The molecule has 0 spiro atoms. The second-order valence-corrected chi connectivity index (χ2v) is 7.48. The number of likely N-dealkylation sites (N-methyl/N-ethyl adjacent to an activating group) is 1. The predicted molar refractivity (Wildman–Crippen MR) is 88.8 cm³/mol. The summed E-state index contributed by atoms with van der Waals surface area (Å²) in [6.07, 6.45) is 2.24. The largest absolute Gasteiger partial charge is 0.261 e. The molecule has 1 aromatic heterocycles. The second-order valence-electron chi connectivity index (χ2n) is 4.67. The van der Waals surface area contributed by atoms with Gasteiger partial charge in [-0.15, -0.1) is 0 Å². The monoisotopic (exact) mass is 358 g/mol. The zero-order valence-corrected chi connectivity index (χ0v) is 14.4. The van der Waals surface area contributed by atoms with Crippen molar-refractivity contribution in [1.29, 1.82) is 0 Å². The Morgan fingerprint density at radius 1 is 1.14 bits per heavy atom. The highest BCUT2D eigenvalue weighted by molar-refractivity contribution is 7.89. The molecule has 7 heteroatoms. The van der Waals surface area contributed by atoms with E-state index in [-0.39, 0.29) is 4.90 Å². The van der Waals surface area contributed by atoms with Crippen LogP contribution in [0.5, 0.6) is 0 Å². The summed E-state index contributed by atoms with van der Waals surface area (Å²) in [5, 5.41) is 0.596. The molecular weight excluding hydrogens is 343 g/mol. The summed E-state index contributed by atoms with van der Waals surface area (Å²) in [4.78, 5) is 4.31. The van der Waals surface area contributed by atoms with Crippen LogP contribution in [0.3, 0.4) is 0 Å². The lowest BCUT2D eigenvalue weighted by molar-refractivity contribution is 0.429. The van der Waals surface area contributed by atoms with E-state index in [4.69, 9.17) is 23.2 Å². The highest BCUT2D eigenvalue weighted by Crippen LogP contribution is 2.24. The van der Waals surface area contributed by atoms with Gasteiger partial charge in [-0.3, -0.25) is 4.98 Å². The number of halogens is 2. The molecule has 0 amide bonds. The number of hydrogen-bond acceptors (Lipinski definition) is 3. The van der Waals surface area contributed by atoms with Gasteiger partial charge in [0.2, 0.25) is 10.0 Å². The predicted octanol–water partition coefficient (Wildman–Crippen LogP) is 3.64. The minimum Gasteiger partial charge on any atom is -0.261 e. The Hall–Kier alpha value is -1.14. The lowest BCUT2D eigenvalue weighted by Gasteiger charge is -2.20. The number of aromatic nitrogens is 1. The third-order valence-electron chi connectivity index (χ3n) is 3.17. The molecule has 0 fully saturated rings. The summed E-state index contributed by atoms with van der Waals surface area (Å²) in [7, 11) is -3.63. The topological polar surface area (TPSA) is 50.3 Å². The number of nitrogens with zero attached hydrogens (tertiary/aromatic N) is 2. The Morgan fingerprint density at radius 3 is 2.36 bits per heavy atom. The van der Waals surface area contributed by atoms with Crippen LogP contribution in [0.4, 0.5) is 0 Å². The SMILES string of the molecule is CCN(CCc1ccccn1)S(=O)(=O)c1cc(Cl)cc(Cl)c1. The molecule has 0 N–H and O–H groups in total. The molecule has 22 heavy (non-hydrogen) atoms. The first-order valence-corrected chi connectivity index (χ1v) is 8.99. The number of pyridine rings is 1. The molecule has 4 nitrogen and oxygen atoms in total. The molecule has 0 aliphatic heterocycles. The van der Waals surface area contributed by atoms with Crippen LogP contribution in [0.25, 0.3) is 0 Å². The number of benzene rings is 1. The van der Waals surface area contributed by atoms with Gasteiger partial charge in [0.1, 0.15) is 0 Å². The summed E-state index contributed by atoms with van der Waals surface area (Å²) in [6, 6.07) is 9.90. The second kappa shape index (κ2) is 7.42. The molecule has 0 aliphatic carbocycles. The van der Waals surface area contributed by atoms with Crippen molar-refractivity contribution in [3.63, 3.8) is 0 Å². The van der Waals surface area contributed by atoms with E-state index in [0.29, 0.717) is 29.6 Å². The molecule has 1 heterocycles.